The van der Waals surface area contributed by atoms with E-state index in [1.165, 1.54) is 30.3 Å². The van der Waals surface area contributed by atoms with Crippen LogP contribution in [0.1, 0.15) is 22.3 Å². The molecule has 0 saturated heterocycles. The molecular formula is C19H20N2O5S. The second-order valence-corrected chi connectivity index (χ2v) is 7.37. The zero-order chi connectivity index (χ0) is 19.9. The summed E-state index contributed by atoms with van der Waals surface area (Å²) >= 11 is 0. The number of hydrogen-bond acceptors (Lipinski definition) is 4. The number of carbonyl (C=O) groups is 2. The zero-order valence-electron chi connectivity index (χ0n) is 14.5. The molecule has 0 radical (unpaired) electrons. The van der Waals surface area contributed by atoms with Crippen molar-refractivity contribution in [2.24, 2.45) is 0 Å². The molecule has 2 aromatic carbocycles. The summed E-state index contributed by atoms with van der Waals surface area (Å²) in [5.41, 5.74) is 1.08. The van der Waals surface area contributed by atoms with Crippen molar-refractivity contribution in [1.29, 1.82) is 0 Å². The van der Waals surface area contributed by atoms with E-state index in [2.05, 4.69) is 16.6 Å². The zero-order valence-corrected chi connectivity index (χ0v) is 15.3. The molecule has 0 unspecified atom stereocenters. The minimum atomic E-state index is -3.90. The number of para-hydroxylation sites is 1. The van der Waals surface area contributed by atoms with E-state index in [1.54, 1.807) is 24.3 Å². The molecule has 2 aromatic rings. The fourth-order valence-corrected chi connectivity index (χ4v) is 3.40. The normalized spacial score (nSPS) is 10.8. The first-order valence-electron chi connectivity index (χ1n) is 8.15. The molecule has 0 aliphatic rings. The first kappa shape index (κ1) is 20.2. The fraction of sp³-hybridized carbons (Fsp3) is 0.158. The Kier molecular flexibility index (Phi) is 6.73. The number of sulfonamides is 1. The van der Waals surface area contributed by atoms with Gasteiger partial charge in [0.05, 0.1) is 16.1 Å². The van der Waals surface area contributed by atoms with Crippen molar-refractivity contribution in [2.75, 3.05) is 11.3 Å². The van der Waals surface area contributed by atoms with E-state index in [4.69, 9.17) is 5.11 Å². The van der Waals surface area contributed by atoms with Crippen molar-refractivity contribution >= 4 is 27.6 Å². The molecule has 0 atom stereocenters. The van der Waals surface area contributed by atoms with Gasteiger partial charge in [0.2, 0.25) is 0 Å². The summed E-state index contributed by atoms with van der Waals surface area (Å²) < 4.78 is 27.7. The summed E-state index contributed by atoms with van der Waals surface area (Å²) in [6, 6.07) is 12.2. The van der Waals surface area contributed by atoms with Gasteiger partial charge in [0, 0.05) is 13.0 Å². The molecule has 0 saturated carbocycles. The Morgan fingerprint density at radius 2 is 1.74 bits per heavy atom. The predicted molar refractivity (Wildman–Crippen MR) is 102 cm³/mol. The van der Waals surface area contributed by atoms with Gasteiger partial charge in [-0.05, 0) is 36.2 Å². The first-order valence-corrected chi connectivity index (χ1v) is 9.63. The quantitative estimate of drug-likeness (QED) is 0.571. The van der Waals surface area contributed by atoms with Gasteiger partial charge >= 0.3 is 5.97 Å². The smallest absolute Gasteiger partial charge is 0.303 e. The molecule has 2 rings (SSSR count). The molecule has 27 heavy (non-hydrogen) atoms. The Bertz CT molecular complexity index is 937. The van der Waals surface area contributed by atoms with Crippen LogP contribution in [0.3, 0.4) is 0 Å². The highest BCUT2D eigenvalue weighted by atomic mass is 32.2. The third kappa shape index (κ3) is 5.68. The lowest BCUT2D eigenvalue weighted by atomic mass is 10.1. The minimum Gasteiger partial charge on any atom is -0.481 e. The van der Waals surface area contributed by atoms with Gasteiger partial charge in [-0.1, -0.05) is 30.3 Å². The molecule has 142 valence electrons. The molecular weight excluding hydrogens is 368 g/mol. The highest BCUT2D eigenvalue weighted by Crippen LogP contribution is 2.20. The Hall–Kier alpha value is -3.13. The van der Waals surface area contributed by atoms with Crippen LogP contribution >= 0.6 is 0 Å². The number of amides is 1. The summed E-state index contributed by atoms with van der Waals surface area (Å²) in [5, 5.41) is 11.3. The van der Waals surface area contributed by atoms with Gasteiger partial charge in [-0.3, -0.25) is 14.3 Å². The van der Waals surface area contributed by atoms with Crippen LogP contribution < -0.4 is 10.0 Å². The fourth-order valence-electron chi connectivity index (χ4n) is 2.32. The number of anilines is 1. The largest absolute Gasteiger partial charge is 0.481 e. The highest BCUT2D eigenvalue weighted by Gasteiger charge is 2.18. The second kappa shape index (κ2) is 9.00. The van der Waals surface area contributed by atoms with E-state index in [9.17, 15) is 18.0 Å². The van der Waals surface area contributed by atoms with E-state index in [0.717, 1.165) is 5.56 Å². The van der Waals surface area contributed by atoms with E-state index in [-0.39, 0.29) is 29.1 Å². The van der Waals surface area contributed by atoms with Crippen molar-refractivity contribution in [3.05, 3.63) is 72.3 Å². The maximum atomic E-state index is 12.6. The summed E-state index contributed by atoms with van der Waals surface area (Å²) in [4.78, 5) is 22.8. The van der Waals surface area contributed by atoms with Crippen LogP contribution in [0.5, 0.6) is 0 Å². The SMILES string of the molecule is C=CCNC(=O)c1ccccc1NS(=O)(=O)c1ccc(CCC(=O)O)cc1. The standard InChI is InChI=1S/C19H20N2O5S/c1-2-13-20-19(24)16-5-3-4-6-17(16)21-27(25,26)15-10-7-14(8-11-15)9-12-18(22)23/h2-8,10-11,21H,1,9,12-13H2,(H,20,24)(H,22,23). The van der Waals surface area contributed by atoms with E-state index in [0.29, 0.717) is 6.42 Å². The summed E-state index contributed by atoms with van der Waals surface area (Å²) in [5.74, 6) is -1.34. The summed E-state index contributed by atoms with van der Waals surface area (Å²) in [6.45, 7) is 3.78. The third-order valence-corrected chi connectivity index (χ3v) is 5.07. The van der Waals surface area contributed by atoms with Gasteiger partial charge < -0.3 is 10.4 Å². The molecule has 1 amide bonds. The number of benzene rings is 2. The number of hydrogen-bond donors (Lipinski definition) is 3. The van der Waals surface area contributed by atoms with Crippen LogP contribution in [-0.2, 0) is 21.2 Å². The monoisotopic (exact) mass is 388 g/mol. The van der Waals surface area contributed by atoms with Crippen LogP contribution in [0.2, 0.25) is 0 Å². The maximum absolute atomic E-state index is 12.6. The van der Waals surface area contributed by atoms with Crippen molar-refractivity contribution in [1.82, 2.24) is 5.32 Å². The number of rotatable bonds is 9. The number of carbonyl (C=O) groups excluding carboxylic acids is 1. The average Bonchev–Trinajstić information content (AvgIpc) is 2.65. The van der Waals surface area contributed by atoms with Crippen molar-refractivity contribution in [3.8, 4) is 0 Å². The number of carboxylic acids is 1. The molecule has 7 nitrogen and oxygen atoms in total. The third-order valence-electron chi connectivity index (χ3n) is 3.68. The van der Waals surface area contributed by atoms with Gasteiger partial charge in [0.1, 0.15) is 0 Å². The second-order valence-electron chi connectivity index (χ2n) is 5.69. The predicted octanol–water partition coefficient (Wildman–Crippen LogP) is 2.42. The molecule has 0 heterocycles. The van der Waals surface area contributed by atoms with E-state index in [1.807, 2.05) is 0 Å². The lowest BCUT2D eigenvalue weighted by Crippen LogP contribution is -2.25. The Labute approximate surface area is 157 Å². The molecule has 8 heteroatoms. The van der Waals surface area contributed by atoms with Crippen LogP contribution in [-0.4, -0.2) is 31.9 Å². The summed E-state index contributed by atoms with van der Waals surface area (Å²) in [6.07, 6.45) is 1.81. The summed E-state index contributed by atoms with van der Waals surface area (Å²) in [7, 11) is -3.90. The van der Waals surface area contributed by atoms with Crippen LogP contribution in [0, 0.1) is 0 Å². The van der Waals surface area contributed by atoms with E-state index >= 15 is 0 Å². The average molecular weight is 388 g/mol. The topological polar surface area (TPSA) is 113 Å². The van der Waals surface area contributed by atoms with Gasteiger partial charge in [-0.2, -0.15) is 0 Å². The lowest BCUT2D eigenvalue weighted by molar-refractivity contribution is -0.136. The van der Waals surface area contributed by atoms with Gasteiger partial charge in [0.25, 0.3) is 15.9 Å². The molecule has 0 spiro atoms. The molecule has 0 aromatic heterocycles. The van der Waals surface area contributed by atoms with Gasteiger partial charge in [0.15, 0.2) is 0 Å². The van der Waals surface area contributed by atoms with E-state index < -0.39 is 21.9 Å². The molecule has 0 aliphatic heterocycles. The Morgan fingerprint density at radius 1 is 1.07 bits per heavy atom. The van der Waals surface area contributed by atoms with Gasteiger partial charge in [-0.15, -0.1) is 6.58 Å². The van der Waals surface area contributed by atoms with Crippen molar-refractivity contribution < 1.29 is 23.1 Å². The minimum absolute atomic E-state index is 0.0166. The lowest BCUT2D eigenvalue weighted by Gasteiger charge is -2.12. The Balaban J connectivity index is 2.20. The molecule has 0 fully saturated rings. The van der Waals surface area contributed by atoms with Crippen LogP contribution in [0.15, 0.2) is 66.1 Å². The number of aliphatic carboxylic acids is 1. The Morgan fingerprint density at radius 3 is 2.37 bits per heavy atom. The molecule has 0 bridgehead atoms. The van der Waals surface area contributed by atoms with Crippen LogP contribution in [0.25, 0.3) is 0 Å². The molecule has 0 aliphatic carbocycles. The van der Waals surface area contributed by atoms with Crippen molar-refractivity contribution in [2.45, 2.75) is 17.7 Å². The first-order chi connectivity index (χ1) is 12.8. The highest BCUT2D eigenvalue weighted by molar-refractivity contribution is 7.92. The number of carboxylic acid groups (broad SMARTS) is 1. The molecule has 3 N–H and O–H groups in total. The number of aryl methyl sites for hydroxylation is 1. The van der Waals surface area contributed by atoms with Crippen molar-refractivity contribution in [3.63, 3.8) is 0 Å². The van der Waals surface area contributed by atoms with Crippen LogP contribution in [0.4, 0.5) is 5.69 Å². The van der Waals surface area contributed by atoms with Gasteiger partial charge in [-0.25, -0.2) is 8.42 Å². The number of nitrogens with one attached hydrogen (secondary N) is 2. The maximum Gasteiger partial charge on any atom is 0.303 e.